The molecule has 0 spiro atoms. The molecule has 8 heteroatoms. The molecule has 0 radical (unpaired) electrons. The molecular weight excluding hydrogens is 658 g/mol. The van der Waals surface area contributed by atoms with E-state index in [1.165, 1.54) is 12.1 Å². The van der Waals surface area contributed by atoms with Crippen LogP contribution < -0.4 is 0 Å². The molecule has 10 aromatic rings. The van der Waals surface area contributed by atoms with Gasteiger partial charge in [-0.15, -0.1) is 0 Å². The van der Waals surface area contributed by atoms with E-state index in [2.05, 4.69) is 70.6 Å². The van der Waals surface area contributed by atoms with Crippen molar-refractivity contribution in [3.8, 4) is 56.4 Å². The number of rotatable bonds is 5. The van der Waals surface area contributed by atoms with E-state index in [1.807, 2.05) is 48.5 Å². The SMILES string of the molecule is Fc1ccc(-c2nc(-c3cccc(-c4cc5cccnc5c5ncccc45)c3)nc(-c3cccc(-c4cc5cccnc5c5ncccc45)c3)n2)cc1. The molecule has 0 N–H and O–H groups in total. The van der Waals surface area contributed by atoms with Crippen LogP contribution in [0.4, 0.5) is 4.39 Å². The van der Waals surface area contributed by atoms with Crippen molar-refractivity contribution in [2.75, 3.05) is 0 Å². The molecule has 0 aliphatic heterocycles. The van der Waals surface area contributed by atoms with Gasteiger partial charge in [0.25, 0.3) is 0 Å². The zero-order valence-electron chi connectivity index (χ0n) is 28.0. The second-order valence-corrected chi connectivity index (χ2v) is 12.8. The summed E-state index contributed by atoms with van der Waals surface area (Å²) in [5.41, 5.74) is 9.77. The van der Waals surface area contributed by atoms with Crippen LogP contribution in [0, 0.1) is 5.82 Å². The Bertz CT molecular complexity index is 2860. The van der Waals surface area contributed by atoms with Crippen molar-refractivity contribution in [2.45, 2.75) is 0 Å². The summed E-state index contributed by atoms with van der Waals surface area (Å²) in [5, 5.41) is 4.02. The molecule has 0 saturated heterocycles. The second-order valence-electron chi connectivity index (χ2n) is 12.8. The Morgan fingerprint density at radius 1 is 0.340 bits per heavy atom. The summed E-state index contributed by atoms with van der Waals surface area (Å²) in [7, 11) is 0. The summed E-state index contributed by atoms with van der Waals surface area (Å²) in [6, 6.07) is 42.9. The van der Waals surface area contributed by atoms with E-state index < -0.39 is 0 Å². The Labute approximate surface area is 302 Å². The molecule has 0 fully saturated rings. The standard InChI is InChI=1S/C45H26FN7/c46-34-17-15-27(16-18-34)43-51-44(32-9-1-7-28(23-32)37-25-30-11-3-19-47-39(30)41-35(37)13-5-21-49-41)53-45(52-43)33-10-2-8-29(24-33)38-26-31-12-4-20-48-40(31)42-36(38)14-6-22-50-42/h1-26H. The average Bonchev–Trinajstić information content (AvgIpc) is 3.23. The van der Waals surface area contributed by atoms with E-state index in [9.17, 15) is 4.39 Å². The van der Waals surface area contributed by atoms with Crippen LogP contribution in [0.2, 0.25) is 0 Å². The summed E-state index contributed by atoms with van der Waals surface area (Å²) < 4.78 is 14.0. The first-order valence-corrected chi connectivity index (χ1v) is 17.1. The molecule has 7 nitrogen and oxygen atoms in total. The lowest BCUT2D eigenvalue weighted by molar-refractivity contribution is 0.628. The highest BCUT2D eigenvalue weighted by molar-refractivity contribution is 6.11. The molecule has 5 aromatic carbocycles. The van der Waals surface area contributed by atoms with Crippen molar-refractivity contribution in [3.63, 3.8) is 0 Å². The molecule has 0 aliphatic rings. The summed E-state index contributed by atoms with van der Waals surface area (Å²) >= 11 is 0. The van der Waals surface area contributed by atoms with Crippen LogP contribution in [0.15, 0.2) is 158 Å². The lowest BCUT2D eigenvalue weighted by Gasteiger charge is -2.13. The summed E-state index contributed by atoms with van der Waals surface area (Å²) in [6.45, 7) is 0. The van der Waals surface area contributed by atoms with Crippen molar-refractivity contribution in [1.29, 1.82) is 0 Å². The van der Waals surface area contributed by atoms with Gasteiger partial charge in [-0.1, -0.05) is 60.7 Å². The molecule has 0 bridgehead atoms. The molecular formula is C45H26FN7. The van der Waals surface area contributed by atoms with E-state index in [-0.39, 0.29) is 5.82 Å². The van der Waals surface area contributed by atoms with E-state index in [0.29, 0.717) is 23.0 Å². The first-order chi connectivity index (χ1) is 26.2. The van der Waals surface area contributed by atoms with E-state index in [1.54, 1.807) is 36.9 Å². The zero-order valence-corrected chi connectivity index (χ0v) is 28.0. The van der Waals surface area contributed by atoms with Gasteiger partial charge in [-0.05, 0) is 95.1 Å². The molecule has 5 heterocycles. The Hall–Kier alpha value is -7.32. The van der Waals surface area contributed by atoms with Crippen LogP contribution >= 0.6 is 0 Å². The van der Waals surface area contributed by atoms with Gasteiger partial charge in [0.05, 0.1) is 22.1 Å². The fraction of sp³-hybridized carbons (Fsp3) is 0. The van der Waals surface area contributed by atoms with Gasteiger partial charge < -0.3 is 0 Å². The van der Waals surface area contributed by atoms with Gasteiger partial charge in [0.1, 0.15) is 5.82 Å². The minimum absolute atomic E-state index is 0.330. The minimum Gasteiger partial charge on any atom is -0.254 e. The number of hydrogen-bond donors (Lipinski definition) is 0. The Kier molecular flexibility index (Phi) is 7.18. The lowest BCUT2D eigenvalue weighted by Crippen LogP contribution is -2.00. The molecule has 0 unspecified atom stereocenters. The number of hydrogen-bond acceptors (Lipinski definition) is 7. The molecule has 0 aliphatic carbocycles. The van der Waals surface area contributed by atoms with Crippen LogP contribution in [0.3, 0.4) is 0 Å². The highest BCUT2D eigenvalue weighted by Gasteiger charge is 2.17. The first-order valence-electron chi connectivity index (χ1n) is 17.1. The largest absolute Gasteiger partial charge is 0.254 e. The third kappa shape index (κ3) is 5.41. The van der Waals surface area contributed by atoms with Gasteiger partial charge in [0.15, 0.2) is 17.5 Å². The predicted octanol–water partition coefficient (Wildman–Crippen LogP) is 10.5. The van der Waals surface area contributed by atoms with Crippen LogP contribution in [0.25, 0.3) is 100 Å². The normalized spacial score (nSPS) is 11.5. The molecule has 53 heavy (non-hydrogen) atoms. The van der Waals surface area contributed by atoms with E-state index >= 15 is 0 Å². The van der Waals surface area contributed by atoms with Gasteiger partial charge in [-0.25, -0.2) is 19.3 Å². The molecule has 0 atom stereocenters. The molecule has 5 aromatic heterocycles. The lowest BCUT2D eigenvalue weighted by atomic mass is 9.96. The van der Waals surface area contributed by atoms with Gasteiger partial charge in [0, 0.05) is 63.0 Å². The van der Waals surface area contributed by atoms with Crippen LogP contribution in [0.1, 0.15) is 0 Å². The highest BCUT2D eigenvalue weighted by Crippen LogP contribution is 2.37. The third-order valence-corrected chi connectivity index (χ3v) is 9.52. The number of fused-ring (bicyclic) bond motifs is 6. The third-order valence-electron chi connectivity index (χ3n) is 9.52. The number of halogens is 1. The molecule has 248 valence electrons. The zero-order chi connectivity index (χ0) is 35.3. The highest BCUT2D eigenvalue weighted by atomic mass is 19.1. The second kappa shape index (κ2) is 12.5. The van der Waals surface area contributed by atoms with Crippen LogP contribution in [0.5, 0.6) is 0 Å². The summed E-state index contributed by atoms with van der Waals surface area (Å²) in [4.78, 5) is 33.6. The Morgan fingerprint density at radius 3 is 1.25 bits per heavy atom. The van der Waals surface area contributed by atoms with Gasteiger partial charge in [-0.3, -0.25) is 19.9 Å². The monoisotopic (exact) mass is 683 g/mol. The average molecular weight is 684 g/mol. The van der Waals surface area contributed by atoms with Gasteiger partial charge in [0.2, 0.25) is 0 Å². The number of nitrogens with zero attached hydrogens (tertiary/aromatic N) is 7. The predicted molar refractivity (Wildman–Crippen MR) is 208 cm³/mol. The molecule has 0 amide bonds. The maximum atomic E-state index is 14.0. The van der Waals surface area contributed by atoms with E-state index in [4.69, 9.17) is 24.9 Å². The van der Waals surface area contributed by atoms with Crippen molar-refractivity contribution in [2.24, 2.45) is 0 Å². The molecule has 10 rings (SSSR count). The smallest absolute Gasteiger partial charge is 0.164 e. The number of pyridine rings is 4. The van der Waals surface area contributed by atoms with Crippen molar-refractivity contribution in [3.05, 3.63) is 164 Å². The number of benzene rings is 5. The van der Waals surface area contributed by atoms with Crippen LogP contribution in [-0.4, -0.2) is 34.9 Å². The van der Waals surface area contributed by atoms with Gasteiger partial charge >= 0.3 is 0 Å². The van der Waals surface area contributed by atoms with Crippen LogP contribution in [-0.2, 0) is 0 Å². The summed E-state index contributed by atoms with van der Waals surface area (Å²) in [6.07, 6.45) is 7.18. The Morgan fingerprint density at radius 2 is 0.755 bits per heavy atom. The molecule has 0 saturated carbocycles. The topological polar surface area (TPSA) is 90.2 Å². The van der Waals surface area contributed by atoms with Gasteiger partial charge in [-0.2, -0.15) is 0 Å². The summed E-state index contributed by atoms with van der Waals surface area (Å²) in [5.74, 6) is 1.11. The van der Waals surface area contributed by atoms with Crippen molar-refractivity contribution >= 4 is 43.6 Å². The maximum absolute atomic E-state index is 14.0. The maximum Gasteiger partial charge on any atom is 0.164 e. The number of aromatic nitrogens is 7. The van der Waals surface area contributed by atoms with Crippen molar-refractivity contribution < 1.29 is 4.39 Å². The van der Waals surface area contributed by atoms with Crippen molar-refractivity contribution in [1.82, 2.24) is 34.9 Å². The quantitative estimate of drug-likeness (QED) is 0.167. The Balaban J connectivity index is 1.14. The minimum atomic E-state index is -0.330. The fourth-order valence-corrected chi connectivity index (χ4v) is 7.04. The first kappa shape index (κ1) is 30.5. The fourth-order valence-electron chi connectivity index (χ4n) is 7.04. The van der Waals surface area contributed by atoms with E-state index in [0.717, 1.165) is 77.0 Å².